The summed E-state index contributed by atoms with van der Waals surface area (Å²) in [6.07, 6.45) is 1.46. The van der Waals surface area contributed by atoms with E-state index in [1.165, 1.54) is 25.1 Å². The lowest BCUT2D eigenvalue weighted by Crippen LogP contribution is -2.22. The molecule has 1 heterocycles. The fourth-order valence-corrected chi connectivity index (χ4v) is 2.55. The number of pyridine rings is 1. The molecule has 0 aliphatic heterocycles. The van der Waals surface area contributed by atoms with Crippen LogP contribution >= 0.6 is 0 Å². The van der Waals surface area contributed by atoms with Crippen molar-refractivity contribution < 1.29 is 10.0 Å². The van der Waals surface area contributed by atoms with Crippen LogP contribution in [0, 0.1) is 35.3 Å². The topological polar surface area (TPSA) is 134 Å². The van der Waals surface area contributed by atoms with Crippen LogP contribution in [-0.4, -0.2) is 14.6 Å². The molecular weight excluding hydrogens is 350 g/mol. The average molecular weight is 369 g/mol. The van der Waals surface area contributed by atoms with Gasteiger partial charge in [0.2, 0.25) is 5.88 Å². The highest BCUT2D eigenvalue weighted by molar-refractivity contribution is 5.57. The number of nitro groups is 1. The predicted molar refractivity (Wildman–Crippen MR) is 98.7 cm³/mol. The number of nitro benzene ring substituents is 1. The van der Waals surface area contributed by atoms with Gasteiger partial charge in [0.25, 0.3) is 11.2 Å². The maximum atomic E-state index is 12.7. The fourth-order valence-electron chi connectivity index (χ4n) is 2.55. The van der Waals surface area contributed by atoms with E-state index in [9.17, 15) is 25.3 Å². The number of nitriles is 1. The van der Waals surface area contributed by atoms with E-state index in [0.717, 1.165) is 11.0 Å². The summed E-state index contributed by atoms with van der Waals surface area (Å²) < 4.78 is 1.12. The average Bonchev–Trinajstić information content (AvgIpc) is 2.62. The van der Waals surface area contributed by atoms with Crippen molar-refractivity contribution in [1.82, 2.24) is 4.57 Å². The molecular formula is C18H19N5O4. The highest BCUT2D eigenvalue weighted by Crippen LogP contribution is 2.29. The van der Waals surface area contributed by atoms with Gasteiger partial charge in [-0.25, -0.2) is 0 Å². The van der Waals surface area contributed by atoms with Gasteiger partial charge in [-0.05, 0) is 31.9 Å². The summed E-state index contributed by atoms with van der Waals surface area (Å²) in [6.45, 7) is 5.36. The van der Waals surface area contributed by atoms with Gasteiger partial charge >= 0.3 is 0 Å². The second-order valence-corrected chi connectivity index (χ2v) is 6.02. The number of unbranched alkanes of at least 4 members (excludes halogenated alkanes) is 1. The Morgan fingerprint density at radius 3 is 2.59 bits per heavy atom. The zero-order valence-corrected chi connectivity index (χ0v) is 15.3. The van der Waals surface area contributed by atoms with Crippen LogP contribution in [0.1, 0.15) is 36.5 Å². The lowest BCUT2D eigenvalue weighted by molar-refractivity contribution is -0.384. The quantitative estimate of drug-likeness (QED) is 0.463. The van der Waals surface area contributed by atoms with Crippen molar-refractivity contribution in [3.8, 4) is 11.9 Å². The third-order valence-electron chi connectivity index (χ3n) is 4.15. The molecule has 0 aliphatic carbocycles. The molecule has 27 heavy (non-hydrogen) atoms. The van der Waals surface area contributed by atoms with Crippen molar-refractivity contribution in [2.45, 2.75) is 40.2 Å². The number of azo groups is 1. The summed E-state index contributed by atoms with van der Waals surface area (Å²) in [5.74, 6) is -0.376. The normalized spacial score (nSPS) is 10.9. The molecule has 2 rings (SSSR count). The number of nitrogens with zero attached hydrogens (tertiary/aromatic N) is 5. The zero-order valence-electron chi connectivity index (χ0n) is 15.3. The van der Waals surface area contributed by atoms with Crippen molar-refractivity contribution in [2.75, 3.05) is 0 Å². The first kappa shape index (κ1) is 19.8. The Morgan fingerprint density at radius 2 is 2.04 bits per heavy atom. The van der Waals surface area contributed by atoms with Crippen molar-refractivity contribution in [1.29, 1.82) is 5.26 Å². The van der Waals surface area contributed by atoms with E-state index in [-0.39, 0.29) is 34.9 Å². The van der Waals surface area contributed by atoms with E-state index in [1.807, 2.05) is 13.0 Å². The molecule has 140 valence electrons. The van der Waals surface area contributed by atoms with E-state index >= 15 is 0 Å². The van der Waals surface area contributed by atoms with Crippen LogP contribution in [0.3, 0.4) is 0 Å². The van der Waals surface area contributed by atoms with Crippen molar-refractivity contribution in [2.24, 2.45) is 10.2 Å². The molecule has 1 N–H and O–H groups in total. The van der Waals surface area contributed by atoms with Crippen LogP contribution in [-0.2, 0) is 6.54 Å². The minimum atomic E-state index is -0.541. The molecule has 0 fully saturated rings. The molecule has 0 amide bonds. The molecule has 0 aliphatic rings. The first-order valence-electron chi connectivity index (χ1n) is 8.35. The number of rotatable bonds is 6. The molecule has 1 aromatic carbocycles. The maximum Gasteiger partial charge on any atom is 0.281 e. The van der Waals surface area contributed by atoms with Crippen LogP contribution in [0.4, 0.5) is 17.1 Å². The molecule has 0 saturated heterocycles. The molecule has 2 aromatic rings. The summed E-state index contributed by atoms with van der Waals surface area (Å²) in [5.41, 5.74) is 0.443. The Balaban J connectivity index is 2.56. The van der Waals surface area contributed by atoms with Gasteiger partial charge < -0.3 is 5.11 Å². The fraction of sp³-hybridized carbons (Fsp3) is 0.333. The molecule has 0 radical (unpaired) electrons. The number of non-ortho nitro benzene ring substituents is 1. The summed E-state index contributed by atoms with van der Waals surface area (Å²) in [4.78, 5) is 23.0. The third kappa shape index (κ3) is 4.00. The second kappa shape index (κ2) is 8.23. The standard InChI is InChI=1S/C18H19N5O4/c1-4-5-8-22-17(24)14(10-19)12(3)16(18(22)25)21-20-15-7-6-13(23(26)27)9-11(15)2/h6-7,9,24H,4-5,8H2,1-3H3. The van der Waals surface area contributed by atoms with Crippen LogP contribution in [0.15, 0.2) is 33.2 Å². The first-order valence-corrected chi connectivity index (χ1v) is 8.35. The molecule has 9 nitrogen and oxygen atoms in total. The third-order valence-corrected chi connectivity index (χ3v) is 4.15. The lowest BCUT2D eigenvalue weighted by atomic mass is 10.1. The largest absolute Gasteiger partial charge is 0.493 e. The summed E-state index contributed by atoms with van der Waals surface area (Å²) in [6, 6.07) is 5.99. The number of hydrogen-bond donors (Lipinski definition) is 1. The first-order chi connectivity index (χ1) is 12.8. The van der Waals surface area contributed by atoms with Gasteiger partial charge in [0.1, 0.15) is 11.6 Å². The Kier molecular flexibility index (Phi) is 6.03. The highest BCUT2D eigenvalue weighted by Gasteiger charge is 2.19. The van der Waals surface area contributed by atoms with E-state index < -0.39 is 10.5 Å². The Labute approximate surface area is 155 Å². The lowest BCUT2D eigenvalue weighted by Gasteiger charge is -2.12. The number of aryl methyl sites for hydroxylation is 1. The Bertz CT molecular complexity index is 1020. The number of aromatic hydroxyl groups is 1. The van der Waals surface area contributed by atoms with Crippen LogP contribution in [0.2, 0.25) is 0 Å². The Morgan fingerprint density at radius 1 is 1.33 bits per heavy atom. The molecule has 0 atom stereocenters. The van der Waals surface area contributed by atoms with Crippen LogP contribution < -0.4 is 5.56 Å². The van der Waals surface area contributed by atoms with Gasteiger partial charge in [0.05, 0.1) is 10.6 Å². The summed E-state index contributed by atoms with van der Waals surface area (Å²) in [5, 5.41) is 38.4. The molecule has 0 bridgehead atoms. The van der Waals surface area contributed by atoms with Crippen LogP contribution in [0.25, 0.3) is 0 Å². The van der Waals surface area contributed by atoms with E-state index in [4.69, 9.17) is 0 Å². The van der Waals surface area contributed by atoms with Gasteiger partial charge in [0, 0.05) is 24.2 Å². The summed E-state index contributed by atoms with van der Waals surface area (Å²) in [7, 11) is 0. The van der Waals surface area contributed by atoms with Crippen LogP contribution in [0.5, 0.6) is 5.88 Å². The van der Waals surface area contributed by atoms with Gasteiger partial charge in [-0.1, -0.05) is 13.3 Å². The van der Waals surface area contributed by atoms with E-state index in [0.29, 0.717) is 17.7 Å². The SMILES string of the molecule is CCCCn1c(O)c(C#N)c(C)c(N=Nc2ccc([N+](=O)[O-])cc2C)c1=O. The monoisotopic (exact) mass is 369 g/mol. The summed E-state index contributed by atoms with van der Waals surface area (Å²) >= 11 is 0. The minimum Gasteiger partial charge on any atom is -0.493 e. The van der Waals surface area contributed by atoms with Crippen molar-refractivity contribution >= 4 is 17.1 Å². The molecule has 9 heteroatoms. The second-order valence-electron chi connectivity index (χ2n) is 6.02. The van der Waals surface area contributed by atoms with Gasteiger partial charge in [-0.15, -0.1) is 5.11 Å². The van der Waals surface area contributed by atoms with Gasteiger partial charge in [0.15, 0.2) is 5.69 Å². The van der Waals surface area contributed by atoms with Crippen molar-refractivity contribution in [3.05, 3.63) is 55.4 Å². The zero-order chi connectivity index (χ0) is 20.1. The van der Waals surface area contributed by atoms with Gasteiger partial charge in [-0.2, -0.15) is 10.4 Å². The molecule has 0 spiro atoms. The van der Waals surface area contributed by atoms with Gasteiger partial charge in [-0.3, -0.25) is 19.5 Å². The minimum absolute atomic E-state index is 0.0277. The smallest absolute Gasteiger partial charge is 0.281 e. The van der Waals surface area contributed by atoms with Crippen molar-refractivity contribution in [3.63, 3.8) is 0 Å². The highest BCUT2D eigenvalue weighted by atomic mass is 16.6. The maximum absolute atomic E-state index is 12.7. The number of benzene rings is 1. The molecule has 0 unspecified atom stereocenters. The predicted octanol–water partition coefficient (Wildman–Crippen LogP) is 4.17. The number of aromatic nitrogens is 1. The molecule has 1 aromatic heterocycles. The molecule has 0 saturated carbocycles. The number of hydrogen-bond acceptors (Lipinski definition) is 7. The Hall–Kier alpha value is -3.54. The van der Waals surface area contributed by atoms with E-state index in [2.05, 4.69) is 10.2 Å². The van der Waals surface area contributed by atoms with E-state index in [1.54, 1.807) is 6.92 Å².